The Labute approximate surface area is 211 Å². The Morgan fingerprint density at radius 1 is 1.00 bits per heavy atom. The molecule has 0 radical (unpaired) electrons. The Balaban J connectivity index is 1.34. The molecule has 1 amide bonds. The number of rotatable bonds is 8. The number of amides is 1. The first-order chi connectivity index (χ1) is 18.1. The summed E-state index contributed by atoms with van der Waals surface area (Å²) in [7, 11) is 0. The fourth-order valence-electron chi connectivity index (χ4n) is 3.55. The molecule has 2 aromatic heterocycles. The molecule has 2 heterocycles. The summed E-state index contributed by atoms with van der Waals surface area (Å²) in [5.74, 6) is 0.179. The molecule has 0 unspecified atom stereocenters. The first-order valence-corrected chi connectivity index (χ1v) is 11.3. The number of nitrogens with zero attached hydrogens (tertiary/aromatic N) is 6. The summed E-state index contributed by atoms with van der Waals surface area (Å²) >= 11 is 0. The third kappa shape index (κ3) is 5.20. The zero-order valence-electron chi connectivity index (χ0n) is 19.8. The van der Waals surface area contributed by atoms with Gasteiger partial charge in [0.1, 0.15) is 18.1 Å². The number of nitrogens with one attached hydrogen (secondary N) is 1. The average molecular weight is 495 g/mol. The maximum absolute atomic E-state index is 13.3. The number of hydrazone groups is 1. The standard InChI is InChI=1S/C26H22N8O3/c1-17(19-12-14-21(15-13-19)36-16-18-8-4-2-5-9-18)28-30-26(35)23-22(20-10-6-3-7-11-20)29-33-34(23)25-24(27)31-37-32-25/h2-15H,16H2,1H3,(H2,27,31)(H,30,35)/b28-17+. The van der Waals surface area contributed by atoms with E-state index < -0.39 is 5.91 Å². The molecule has 0 saturated heterocycles. The SMILES string of the molecule is C/C(=N\NC(=O)c1c(-c2ccccc2)nnn1-c1nonc1N)c1ccc(OCc2ccccc2)cc1. The third-order valence-electron chi connectivity index (χ3n) is 5.47. The van der Waals surface area contributed by atoms with Crippen LogP contribution in [0.1, 0.15) is 28.5 Å². The topological polar surface area (TPSA) is 146 Å². The highest BCUT2D eigenvalue weighted by atomic mass is 16.6. The van der Waals surface area contributed by atoms with E-state index in [1.54, 1.807) is 6.92 Å². The number of anilines is 1. The van der Waals surface area contributed by atoms with Crippen LogP contribution in [0.2, 0.25) is 0 Å². The van der Waals surface area contributed by atoms with Gasteiger partial charge in [0.15, 0.2) is 5.69 Å². The van der Waals surface area contributed by atoms with E-state index in [1.807, 2.05) is 84.9 Å². The summed E-state index contributed by atoms with van der Waals surface area (Å²) in [5.41, 5.74) is 12.0. The van der Waals surface area contributed by atoms with Gasteiger partial charge in [0.05, 0.1) is 5.71 Å². The van der Waals surface area contributed by atoms with E-state index in [0.717, 1.165) is 16.9 Å². The summed E-state index contributed by atoms with van der Waals surface area (Å²) in [6.07, 6.45) is 0. The molecule has 184 valence electrons. The van der Waals surface area contributed by atoms with Crippen molar-refractivity contribution >= 4 is 17.4 Å². The molecule has 3 aromatic carbocycles. The quantitative estimate of drug-likeness (QED) is 0.246. The van der Waals surface area contributed by atoms with E-state index in [1.165, 1.54) is 4.68 Å². The molecule has 3 N–H and O–H groups in total. The van der Waals surface area contributed by atoms with Crippen molar-refractivity contribution in [2.24, 2.45) is 5.10 Å². The van der Waals surface area contributed by atoms with Gasteiger partial charge in [-0.15, -0.1) is 5.10 Å². The second-order valence-corrected chi connectivity index (χ2v) is 7.97. The van der Waals surface area contributed by atoms with Gasteiger partial charge >= 0.3 is 0 Å². The van der Waals surface area contributed by atoms with Crippen LogP contribution in [0.5, 0.6) is 5.75 Å². The summed E-state index contributed by atoms with van der Waals surface area (Å²) in [6, 6.07) is 26.5. The van der Waals surface area contributed by atoms with Gasteiger partial charge in [-0.2, -0.15) is 9.78 Å². The van der Waals surface area contributed by atoms with Crippen molar-refractivity contribution in [2.75, 3.05) is 5.73 Å². The molecule has 0 aliphatic heterocycles. The molecule has 11 heteroatoms. The summed E-state index contributed by atoms with van der Waals surface area (Å²) < 4.78 is 11.7. The highest BCUT2D eigenvalue weighted by Gasteiger charge is 2.26. The van der Waals surface area contributed by atoms with Gasteiger partial charge in [0.25, 0.3) is 5.91 Å². The van der Waals surface area contributed by atoms with Gasteiger partial charge in [0.2, 0.25) is 11.6 Å². The van der Waals surface area contributed by atoms with E-state index in [-0.39, 0.29) is 17.3 Å². The van der Waals surface area contributed by atoms with Crippen LogP contribution in [0.3, 0.4) is 0 Å². The van der Waals surface area contributed by atoms with Crippen LogP contribution in [0.4, 0.5) is 5.82 Å². The van der Waals surface area contributed by atoms with Crippen LogP contribution in [-0.2, 0) is 6.61 Å². The van der Waals surface area contributed by atoms with E-state index in [4.69, 9.17) is 10.5 Å². The van der Waals surface area contributed by atoms with Crippen LogP contribution in [-0.4, -0.2) is 36.9 Å². The second-order valence-electron chi connectivity index (χ2n) is 7.97. The van der Waals surface area contributed by atoms with Gasteiger partial charge < -0.3 is 10.5 Å². The fraction of sp³-hybridized carbons (Fsp3) is 0.0769. The maximum atomic E-state index is 13.3. The smallest absolute Gasteiger partial charge is 0.292 e. The molecule has 0 saturated carbocycles. The van der Waals surface area contributed by atoms with Crippen molar-refractivity contribution in [1.82, 2.24) is 30.7 Å². The predicted octanol–water partition coefficient (Wildman–Crippen LogP) is 3.63. The summed E-state index contributed by atoms with van der Waals surface area (Å²) in [5, 5.41) is 19.8. The Morgan fingerprint density at radius 2 is 1.70 bits per heavy atom. The third-order valence-corrected chi connectivity index (χ3v) is 5.47. The number of nitrogens with two attached hydrogens (primary N) is 1. The van der Waals surface area contributed by atoms with Gasteiger partial charge in [-0.05, 0) is 52.6 Å². The highest BCUT2D eigenvalue weighted by Crippen LogP contribution is 2.24. The normalized spacial score (nSPS) is 11.3. The molecule has 5 rings (SSSR count). The van der Waals surface area contributed by atoms with Crippen LogP contribution in [0.25, 0.3) is 17.1 Å². The molecule has 0 aliphatic rings. The minimum atomic E-state index is -0.562. The second kappa shape index (κ2) is 10.5. The zero-order valence-corrected chi connectivity index (χ0v) is 19.8. The van der Waals surface area contributed by atoms with Crippen LogP contribution in [0, 0.1) is 0 Å². The molecule has 0 bridgehead atoms. The summed E-state index contributed by atoms with van der Waals surface area (Å²) in [4.78, 5) is 13.3. The number of carbonyl (C=O) groups excluding carboxylic acids is 1. The lowest BCUT2D eigenvalue weighted by molar-refractivity contribution is 0.0947. The molecule has 11 nitrogen and oxygen atoms in total. The largest absolute Gasteiger partial charge is 0.489 e. The molecule has 0 atom stereocenters. The number of hydrogen-bond donors (Lipinski definition) is 2. The molecule has 5 aromatic rings. The Bertz CT molecular complexity index is 1530. The molecular formula is C26H22N8O3. The number of nitrogen functional groups attached to an aromatic ring is 1. The predicted molar refractivity (Wildman–Crippen MR) is 136 cm³/mol. The van der Waals surface area contributed by atoms with Crippen molar-refractivity contribution < 1.29 is 14.2 Å². The van der Waals surface area contributed by atoms with E-state index in [2.05, 4.69) is 35.8 Å². The number of ether oxygens (including phenoxy) is 1. The van der Waals surface area contributed by atoms with E-state index >= 15 is 0 Å². The van der Waals surface area contributed by atoms with Crippen molar-refractivity contribution in [2.45, 2.75) is 13.5 Å². The van der Waals surface area contributed by atoms with Gasteiger partial charge in [0, 0.05) is 5.56 Å². The van der Waals surface area contributed by atoms with Gasteiger partial charge in [-0.3, -0.25) is 4.79 Å². The van der Waals surface area contributed by atoms with E-state index in [0.29, 0.717) is 23.6 Å². The molecule has 0 aliphatic carbocycles. The number of aromatic nitrogens is 5. The Morgan fingerprint density at radius 3 is 2.38 bits per heavy atom. The molecular weight excluding hydrogens is 472 g/mol. The van der Waals surface area contributed by atoms with Gasteiger partial charge in [-0.1, -0.05) is 65.9 Å². The lowest BCUT2D eigenvalue weighted by Crippen LogP contribution is -2.23. The van der Waals surface area contributed by atoms with Crippen molar-refractivity contribution in [3.05, 3.63) is 102 Å². The first-order valence-electron chi connectivity index (χ1n) is 11.3. The number of hydrogen-bond acceptors (Lipinski definition) is 9. The lowest BCUT2D eigenvalue weighted by atomic mass is 10.1. The zero-order chi connectivity index (χ0) is 25.6. The van der Waals surface area contributed by atoms with Crippen LogP contribution >= 0.6 is 0 Å². The first kappa shape index (κ1) is 23.4. The molecule has 0 fully saturated rings. The summed E-state index contributed by atoms with van der Waals surface area (Å²) in [6.45, 7) is 2.26. The van der Waals surface area contributed by atoms with Crippen LogP contribution < -0.4 is 15.9 Å². The highest BCUT2D eigenvalue weighted by molar-refractivity contribution is 6.02. The van der Waals surface area contributed by atoms with Gasteiger partial charge in [-0.25, -0.2) is 10.1 Å². The van der Waals surface area contributed by atoms with Crippen LogP contribution in [0.15, 0.2) is 94.7 Å². The maximum Gasteiger partial charge on any atom is 0.292 e. The molecule has 37 heavy (non-hydrogen) atoms. The Hall–Kier alpha value is -5.32. The lowest BCUT2D eigenvalue weighted by Gasteiger charge is -2.08. The van der Waals surface area contributed by atoms with Crippen molar-refractivity contribution in [3.63, 3.8) is 0 Å². The minimum Gasteiger partial charge on any atom is -0.489 e. The number of carbonyl (C=O) groups is 1. The monoisotopic (exact) mass is 494 g/mol. The fourth-order valence-corrected chi connectivity index (χ4v) is 3.55. The minimum absolute atomic E-state index is 0.0344. The van der Waals surface area contributed by atoms with E-state index in [9.17, 15) is 4.79 Å². The number of benzene rings is 3. The van der Waals surface area contributed by atoms with Crippen molar-refractivity contribution in [3.8, 4) is 22.8 Å². The molecule has 0 spiro atoms. The average Bonchev–Trinajstić information content (AvgIpc) is 3.58. The van der Waals surface area contributed by atoms with Crippen molar-refractivity contribution in [1.29, 1.82) is 0 Å². The Kier molecular flexibility index (Phi) is 6.66.